The summed E-state index contributed by atoms with van der Waals surface area (Å²) in [6.07, 6.45) is 3.70. The molecule has 2 aromatic heterocycles. The molecular weight excluding hydrogens is 621 g/mol. The van der Waals surface area contributed by atoms with E-state index >= 15 is 0 Å². The number of rotatable bonds is 3. The molecule has 8 heteroatoms. The molecule has 204 valence electrons. The summed E-state index contributed by atoms with van der Waals surface area (Å²) in [6, 6.07) is 23.2. The predicted octanol–water partition coefficient (Wildman–Crippen LogP) is 7.28. The summed E-state index contributed by atoms with van der Waals surface area (Å²) < 4.78 is 19.7. The first-order valence-electron chi connectivity index (χ1n) is 13.3. The van der Waals surface area contributed by atoms with E-state index in [-0.39, 0.29) is 16.6 Å². The minimum Gasteiger partial charge on any atom is -0.318 e. The molecule has 41 heavy (non-hydrogen) atoms. The van der Waals surface area contributed by atoms with Gasteiger partial charge in [-0.25, -0.2) is 9.38 Å². The number of aromatic nitrogens is 2. The van der Waals surface area contributed by atoms with E-state index in [1.54, 1.807) is 12.1 Å². The van der Waals surface area contributed by atoms with E-state index in [2.05, 4.69) is 52.3 Å². The topological polar surface area (TPSA) is 39.3 Å². The summed E-state index contributed by atoms with van der Waals surface area (Å²) in [7, 11) is 0. The lowest BCUT2D eigenvalue weighted by Crippen LogP contribution is -2.38. The molecule has 0 saturated carbocycles. The Morgan fingerprint density at radius 1 is 1.05 bits per heavy atom. The van der Waals surface area contributed by atoms with Crippen LogP contribution in [0.25, 0.3) is 17.5 Å². The smallest absolute Gasteiger partial charge is 0.271 e. The molecule has 7 rings (SSSR count). The molecule has 0 bridgehead atoms. The molecule has 1 aliphatic carbocycles. The van der Waals surface area contributed by atoms with E-state index < -0.39 is 5.82 Å². The molecule has 0 fully saturated rings. The normalized spacial score (nSPS) is 16.3. The summed E-state index contributed by atoms with van der Waals surface area (Å²) in [5, 5.41) is 0.0863. The monoisotopic (exact) mass is 643 g/mol. The fourth-order valence-corrected chi connectivity index (χ4v) is 7.44. The Morgan fingerprint density at radius 2 is 1.83 bits per heavy atom. The molecule has 2 aliphatic rings. The molecular formula is C33H24BrClFN3OS. The van der Waals surface area contributed by atoms with Gasteiger partial charge in [-0.05, 0) is 91.4 Å². The van der Waals surface area contributed by atoms with Crippen LogP contribution in [-0.4, -0.2) is 9.13 Å². The number of allylic oxidation sites excluding steroid dienone is 1. The molecule has 0 N–H and O–H groups in total. The van der Waals surface area contributed by atoms with Gasteiger partial charge in [0, 0.05) is 27.1 Å². The van der Waals surface area contributed by atoms with Crippen LogP contribution in [0.3, 0.4) is 0 Å². The lowest BCUT2D eigenvalue weighted by atomic mass is 9.83. The van der Waals surface area contributed by atoms with Gasteiger partial charge < -0.3 is 4.57 Å². The van der Waals surface area contributed by atoms with Gasteiger partial charge in [0.2, 0.25) is 0 Å². The third-order valence-corrected chi connectivity index (χ3v) is 9.80. The van der Waals surface area contributed by atoms with Crippen LogP contribution in [0.1, 0.15) is 46.1 Å². The molecule has 0 saturated heterocycles. The summed E-state index contributed by atoms with van der Waals surface area (Å²) >= 11 is 10.9. The second kappa shape index (κ2) is 10.1. The zero-order valence-electron chi connectivity index (χ0n) is 22.3. The van der Waals surface area contributed by atoms with E-state index in [9.17, 15) is 9.18 Å². The highest BCUT2D eigenvalue weighted by molar-refractivity contribution is 9.10. The predicted molar refractivity (Wildman–Crippen MR) is 167 cm³/mol. The molecule has 1 atom stereocenters. The van der Waals surface area contributed by atoms with Crippen molar-refractivity contribution in [2.75, 3.05) is 0 Å². The zero-order chi connectivity index (χ0) is 28.4. The maximum absolute atomic E-state index is 14.3. The van der Waals surface area contributed by atoms with Crippen LogP contribution in [0.5, 0.6) is 0 Å². The van der Waals surface area contributed by atoms with Gasteiger partial charge in [-0.1, -0.05) is 75.3 Å². The quantitative estimate of drug-likeness (QED) is 0.204. The van der Waals surface area contributed by atoms with Crippen molar-refractivity contribution < 1.29 is 4.39 Å². The summed E-state index contributed by atoms with van der Waals surface area (Å²) in [5.41, 5.74) is 9.02. The Labute approximate surface area is 253 Å². The lowest BCUT2D eigenvalue weighted by molar-refractivity contribution is 0.585. The second-order valence-corrected chi connectivity index (χ2v) is 12.8. The molecule has 5 aromatic rings. The molecule has 0 amide bonds. The van der Waals surface area contributed by atoms with Gasteiger partial charge in [0.1, 0.15) is 5.82 Å². The van der Waals surface area contributed by atoms with E-state index in [1.165, 1.54) is 28.5 Å². The molecule has 1 aliphatic heterocycles. The van der Waals surface area contributed by atoms with Crippen molar-refractivity contribution >= 4 is 50.6 Å². The molecule has 0 spiro atoms. The average Bonchev–Trinajstić information content (AvgIpc) is 3.43. The molecule has 4 nitrogen and oxygen atoms in total. The third-order valence-electron chi connectivity index (χ3n) is 7.98. The maximum Gasteiger partial charge on any atom is 0.271 e. The minimum atomic E-state index is -0.468. The van der Waals surface area contributed by atoms with Crippen molar-refractivity contribution in [1.29, 1.82) is 0 Å². The summed E-state index contributed by atoms with van der Waals surface area (Å²) in [4.78, 5) is 19.9. The SMILES string of the molecule is Cc1cc(/C=c2\sc3n(c2=O)[C@@H](c2ccc(Br)cc2)C2=C(N=3)c3ccccc3CC2)c(C)n1-c1ccc(Cl)c(F)c1. The number of hydrogen-bond donors (Lipinski definition) is 0. The number of fused-ring (bicyclic) bond motifs is 3. The van der Waals surface area contributed by atoms with Crippen LogP contribution in [0.4, 0.5) is 4.39 Å². The Balaban J connectivity index is 1.43. The summed E-state index contributed by atoms with van der Waals surface area (Å²) in [5.74, 6) is -0.468. The van der Waals surface area contributed by atoms with Crippen molar-refractivity contribution in [2.45, 2.75) is 32.7 Å². The van der Waals surface area contributed by atoms with Crippen LogP contribution >= 0.6 is 38.9 Å². The van der Waals surface area contributed by atoms with Crippen LogP contribution in [-0.2, 0) is 6.42 Å². The molecule has 0 radical (unpaired) electrons. The van der Waals surface area contributed by atoms with E-state index in [0.717, 1.165) is 51.1 Å². The summed E-state index contributed by atoms with van der Waals surface area (Å²) in [6.45, 7) is 3.94. The zero-order valence-corrected chi connectivity index (χ0v) is 25.4. The second-order valence-electron chi connectivity index (χ2n) is 10.4. The van der Waals surface area contributed by atoms with Crippen molar-refractivity contribution in [3.8, 4) is 5.69 Å². The van der Waals surface area contributed by atoms with E-state index in [1.807, 2.05) is 47.3 Å². The Kier molecular flexibility index (Phi) is 6.49. The first kappa shape index (κ1) is 26.4. The van der Waals surface area contributed by atoms with E-state index in [4.69, 9.17) is 16.6 Å². The minimum absolute atomic E-state index is 0.0607. The van der Waals surface area contributed by atoms with Crippen LogP contribution in [0, 0.1) is 19.7 Å². The molecule has 3 heterocycles. The number of hydrogen-bond acceptors (Lipinski definition) is 3. The molecule has 0 unspecified atom stereocenters. The van der Waals surface area contributed by atoms with Gasteiger partial charge in [0.15, 0.2) is 4.80 Å². The van der Waals surface area contributed by atoms with Gasteiger partial charge in [-0.15, -0.1) is 0 Å². The first-order chi connectivity index (χ1) is 19.8. The first-order valence-corrected chi connectivity index (χ1v) is 15.3. The highest BCUT2D eigenvalue weighted by Gasteiger charge is 2.32. The number of benzene rings is 3. The largest absolute Gasteiger partial charge is 0.318 e. The Hall–Kier alpha value is -3.52. The molecule has 3 aromatic carbocycles. The van der Waals surface area contributed by atoms with Gasteiger partial charge in [-0.2, -0.15) is 0 Å². The number of thiazole rings is 1. The van der Waals surface area contributed by atoms with Crippen LogP contribution < -0.4 is 14.9 Å². The van der Waals surface area contributed by atoms with E-state index in [0.29, 0.717) is 15.0 Å². The van der Waals surface area contributed by atoms with Crippen LogP contribution in [0.15, 0.2) is 92.6 Å². The fraction of sp³-hybridized carbons (Fsp3) is 0.152. The lowest BCUT2D eigenvalue weighted by Gasteiger charge is -2.30. The van der Waals surface area contributed by atoms with Crippen molar-refractivity contribution in [1.82, 2.24) is 9.13 Å². The van der Waals surface area contributed by atoms with Crippen LogP contribution in [0.2, 0.25) is 5.02 Å². The third kappa shape index (κ3) is 4.38. The Bertz CT molecular complexity index is 2090. The highest BCUT2D eigenvalue weighted by Crippen LogP contribution is 2.41. The number of halogens is 3. The number of aryl methyl sites for hydroxylation is 2. The van der Waals surface area contributed by atoms with Crippen molar-refractivity contribution in [2.24, 2.45) is 4.99 Å². The van der Waals surface area contributed by atoms with Gasteiger partial charge in [0.25, 0.3) is 5.56 Å². The maximum atomic E-state index is 14.3. The van der Waals surface area contributed by atoms with Crippen molar-refractivity contribution in [3.05, 3.63) is 147 Å². The van der Waals surface area contributed by atoms with Gasteiger partial charge in [-0.3, -0.25) is 9.36 Å². The average molecular weight is 645 g/mol. The highest BCUT2D eigenvalue weighted by atomic mass is 79.9. The van der Waals surface area contributed by atoms with Crippen molar-refractivity contribution in [3.63, 3.8) is 0 Å². The van der Waals surface area contributed by atoms with Gasteiger partial charge in [0.05, 0.1) is 21.3 Å². The van der Waals surface area contributed by atoms with Gasteiger partial charge >= 0.3 is 0 Å². The standard InChI is InChI=1S/C33H24BrClFN3OS/c1-18-15-22(19(2)38(18)24-12-14-27(35)28(36)17-24)16-29-32(40)39-31(21-7-10-23(34)11-8-21)26-13-9-20-5-3-4-6-25(20)30(26)37-33(39)41-29/h3-8,10-12,14-17,31H,9,13H2,1-2H3/b29-16-/t31-/m0/s1. The number of nitrogens with zero attached hydrogens (tertiary/aromatic N) is 3. The Morgan fingerprint density at radius 3 is 2.61 bits per heavy atom. The fourth-order valence-electron chi connectivity index (χ4n) is 6.06.